The fourth-order valence-electron chi connectivity index (χ4n) is 1.64. The summed E-state index contributed by atoms with van der Waals surface area (Å²) >= 11 is 0. The molecule has 0 aliphatic carbocycles. The Hall–Kier alpha value is -2.37. The van der Waals surface area contributed by atoms with E-state index in [2.05, 4.69) is 5.32 Å². The molecule has 1 amide bonds. The number of benzene rings is 2. The molecule has 0 saturated carbocycles. The predicted octanol–water partition coefficient (Wildman–Crippen LogP) is 4.10. The number of anilines is 1. The minimum atomic E-state index is -4.56. The third kappa shape index (κ3) is 3.14. The Morgan fingerprint density at radius 3 is 2.15 bits per heavy atom. The van der Waals surface area contributed by atoms with Crippen molar-refractivity contribution in [2.45, 2.75) is 6.18 Å². The van der Waals surface area contributed by atoms with Crippen LogP contribution >= 0.6 is 0 Å². The normalized spacial score (nSPS) is 11.2. The number of hydrogen-bond donors (Lipinski definition) is 1. The summed E-state index contributed by atoms with van der Waals surface area (Å²) in [5.41, 5.74) is -1.20. The van der Waals surface area contributed by atoms with Crippen molar-refractivity contribution >= 4 is 11.6 Å². The summed E-state index contributed by atoms with van der Waals surface area (Å²) in [5.74, 6) is -1.26. The molecule has 0 atom stereocenters. The number of rotatable bonds is 2. The van der Waals surface area contributed by atoms with E-state index in [1.807, 2.05) is 0 Å². The molecule has 2 aromatic carbocycles. The molecule has 0 heterocycles. The first kappa shape index (κ1) is 14.0. The number of para-hydroxylation sites is 1. The highest BCUT2D eigenvalue weighted by molar-refractivity contribution is 6.04. The summed E-state index contributed by atoms with van der Waals surface area (Å²) in [4.78, 5) is 11.8. The van der Waals surface area contributed by atoms with Crippen LogP contribution in [0.2, 0.25) is 0 Å². The number of carbonyl (C=O) groups is 1. The van der Waals surface area contributed by atoms with Gasteiger partial charge in [0.1, 0.15) is 5.82 Å². The van der Waals surface area contributed by atoms with Crippen LogP contribution in [-0.2, 0) is 6.18 Å². The zero-order chi connectivity index (χ0) is 14.8. The summed E-state index contributed by atoms with van der Waals surface area (Å²) in [5, 5.41) is 2.17. The first-order valence-electron chi connectivity index (χ1n) is 5.61. The van der Waals surface area contributed by atoms with Gasteiger partial charge in [-0.25, -0.2) is 4.39 Å². The van der Waals surface area contributed by atoms with Gasteiger partial charge in [-0.2, -0.15) is 13.2 Å². The second-order valence-corrected chi connectivity index (χ2v) is 4.00. The highest BCUT2D eigenvalue weighted by Gasteiger charge is 2.33. The predicted molar refractivity (Wildman–Crippen MR) is 65.8 cm³/mol. The van der Waals surface area contributed by atoms with Crippen LogP contribution < -0.4 is 5.32 Å². The maximum Gasteiger partial charge on any atom is 0.418 e. The van der Waals surface area contributed by atoms with Gasteiger partial charge in [0, 0.05) is 5.56 Å². The summed E-state index contributed by atoms with van der Waals surface area (Å²) in [6.07, 6.45) is -4.56. The number of alkyl halides is 3. The number of amides is 1. The number of hydrogen-bond acceptors (Lipinski definition) is 1. The van der Waals surface area contributed by atoms with Crippen molar-refractivity contribution in [3.05, 3.63) is 65.5 Å². The van der Waals surface area contributed by atoms with Gasteiger partial charge in [0.25, 0.3) is 5.91 Å². The van der Waals surface area contributed by atoms with Crippen LogP contribution in [-0.4, -0.2) is 5.91 Å². The van der Waals surface area contributed by atoms with Crippen molar-refractivity contribution in [3.8, 4) is 0 Å². The van der Waals surface area contributed by atoms with Crippen molar-refractivity contribution in [1.29, 1.82) is 0 Å². The first-order valence-corrected chi connectivity index (χ1v) is 5.61. The molecule has 1 N–H and O–H groups in total. The van der Waals surface area contributed by atoms with Crippen LogP contribution in [0, 0.1) is 5.82 Å². The van der Waals surface area contributed by atoms with Crippen LogP contribution in [0.1, 0.15) is 15.9 Å². The van der Waals surface area contributed by atoms with Crippen LogP contribution in [0.25, 0.3) is 0 Å². The fraction of sp³-hybridized carbons (Fsp3) is 0.0714. The molecular formula is C14H9F4NO. The average Bonchev–Trinajstić information content (AvgIpc) is 2.38. The molecular weight excluding hydrogens is 274 g/mol. The van der Waals surface area contributed by atoms with Gasteiger partial charge in [0.2, 0.25) is 0 Å². The third-order valence-corrected chi connectivity index (χ3v) is 2.59. The van der Waals surface area contributed by atoms with E-state index in [0.717, 1.165) is 24.3 Å². The molecule has 20 heavy (non-hydrogen) atoms. The average molecular weight is 283 g/mol. The summed E-state index contributed by atoms with van der Waals surface area (Å²) in [6.45, 7) is 0. The van der Waals surface area contributed by atoms with Gasteiger partial charge in [-0.15, -0.1) is 0 Å². The Morgan fingerprint density at radius 2 is 1.55 bits per heavy atom. The highest BCUT2D eigenvalue weighted by Crippen LogP contribution is 2.34. The van der Waals surface area contributed by atoms with E-state index in [1.54, 1.807) is 0 Å². The van der Waals surface area contributed by atoms with Gasteiger partial charge in [-0.3, -0.25) is 4.79 Å². The van der Waals surface area contributed by atoms with Gasteiger partial charge in [-0.05, 0) is 36.4 Å². The van der Waals surface area contributed by atoms with E-state index in [4.69, 9.17) is 0 Å². The van der Waals surface area contributed by atoms with Gasteiger partial charge in [0.15, 0.2) is 0 Å². The van der Waals surface area contributed by atoms with E-state index in [0.29, 0.717) is 0 Å². The quantitative estimate of drug-likeness (QED) is 0.826. The molecule has 0 bridgehead atoms. The third-order valence-electron chi connectivity index (χ3n) is 2.59. The molecule has 0 aliphatic heterocycles. The Labute approximate surface area is 112 Å². The van der Waals surface area contributed by atoms with Crippen molar-refractivity contribution in [2.75, 3.05) is 5.32 Å². The maximum atomic E-state index is 12.8. The van der Waals surface area contributed by atoms with E-state index in [1.165, 1.54) is 24.3 Å². The second kappa shape index (κ2) is 5.32. The molecule has 0 aromatic heterocycles. The summed E-state index contributed by atoms with van der Waals surface area (Å²) in [6, 6.07) is 9.16. The van der Waals surface area contributed by atoms with E-state index >= 15 is 0 Å². The lowest BCUT2D eigenvalue weighted by Gasteiger charge is -2.13. The van der Waals surface area contributed by atoms with Crippen molar-refractivity contribution in [3.63, 3.8) is 0 Å². The van der Waals surface area contributed by atoms with Gasteiger partial charge in [0.05, 0.1) is 11.3 Å². The molecule has 104 valence electrons. The smallest absolute Gasteiger partial charge is 0.321 e. The van der Waals surface area contributed by atoms with Crippen LogP contribution in [0.4, 0.5) is 23.2 Å². The topological polar surface area (TPSA) is 29.1 Å². The monoisotopic (exact) mass is 283 g/mol. The number of carbonyl (C=O) groups excluding carboxylic acids is 1. The maximum absolute atomic E-state index is 12.8. The summed E-state index contributed by atoms with van der Waals surface area (Å²) < 4.78 is 51.0. The van der Waals surface area contributed by atoms with Crippen LogP contribution in [0.15, 0.2) is 48.5 Å². The Bertz CT molecular complexity index is 620. The van der Waals surface area contributed by atoms with E-state index < -0.39 is 23.5 Å². The Kier molecular flexibility index (Phi) is 3.74. The molecule has 0 unspecified atom stereocenters. The number of nitrogens with one attached hydrogen (secondary N) is 1. The molecule has 0 spiro atoms. The molecule has 0 fully saturated rings. The van der Waals surface area contributed by atoms with Crippen molar-refractivity contribution < 1.29 is 22.4 Å². The van der Waals surface area contributed by atoms with Gasteiger partial charge in [-0.1, -0.05) is 12.1 Å². The molecule has 2 nitrogen and oxygen atoms in total. The standard InChI is InChI=1S/C14H9F4NO/c15-10-7-5-9(6-8-10)13(20)19-12-4-2-1-3-11(12)14(16,17)18/h1-8H,(H,19,20). The molecule has 0 radical (unpaired) electrons. The number of halogens is 4. The lowest BCUT2D eigenvalue weighted by molar-refractivity contribution is -0.136. The van der Waals surface area contributed by atoms with Crippen LogP contribution in [0.3, 0.4) is 0 Å². The lowest BCUT2D eigenvalue weighted by Crippen LogP contribution is -2.16. The fourth-order valence-corrected chi connectivity index (χ4v) is 1.64. The second-order valence-electron chi connectivity index (χ2n) is 4.00. The lowest BCUT2D eigenvalue weighted by atomic mass is 10.1. The molecule has 0 saturated heterocycles. The SMILES string of the molecule is O=C(Nc1ccccc1C(F)(F)F)c1ccc(F)cc1. The highest BCUT2D eigenvalue weighted by atomic mass is 19.4. The largest absolute Gasteiger partial charge is 0.418 e. The molecule has 2 aromatic rings. The molecule has 2 rings (SSSR count). The van der Waals surface area contributed by atoms with Crippen molar-refractivity contribution in [2.24, 2.45) is 0 Å². The Balaban J connectivity index is 2.26. The van der Waals surface area contributed by atoms with Gasteiger partial charge >= 0.3 is 6.18 Å². The zero-order valence-electron chi connectivity index (χ0n) is 10.0. The minimum Gasteiger partial charge on any atom is -0.321 e. The van der Waals surface area contributed by atoms with Gasteiger partial charge < -0.3 is 5.32 Å². The molecule has 6 heteroatoms. The van der Waals surface area contributed by atoms with E-state index in [-0.39, 0.29) is 11.3 Å². The molecule has 0 aliphatic rings. The Morgan fingerprint density at radius 1 is 0.950 bits per heavy atom. The minimum absolute atomic E-state index is 0.0726. The zero-order valence-corrected chi connectivity index (χ0v) is 10.0. The first-order chi connectivity index (χ1) is 9.38. The van der Waals surface area contributed by atoms with E-state index in [9.17, 15) is 22.4 Å². The van der Waals surface area contributed by atoms with Crippen LogP contribution in [0.5, 0.6) is 0 Å². The summed E-state index contributed by atoms with van der Waals surface area (Å²) in [7, 11) is 0. The van der Waals surface area contributed by atoms with Crippen molar-refractivity contribution in [1.82, 2.24) is 0 Å².